The van der Waals surface area contributed by atoms with E-state index in [1.165, 1.54) is 24.8 Å². The normalized spacial score (nSPS) is 21.5. The van der Waals surface area contributed by atoms with Crippen LogP contribution in [0.1, 0.15) is 50.5 Å². The Morgan fingerprint density at radius 2 is 1.73 bits per heavy atom. The highest BCUT2D eigenvalue weighted by Gasteiger charge is 2.41. The van der Waals surface area contributed by atoms with Crippen molar-refractivity contribution in [3.63, 3.8) is 0 Å². The largest absolute Gasteiger partial charge is 0.368 e. The summed E-state index contributed by atoms with van der Waals surface area (Å²) in [4.78, 5) is 12.9. The summed E-state index contributed by atoms with van der Waals surface area (Å²) in [6.45, 7) is 2.32. The van der Waals surface area contributed by atoms with Crippen LogP contribution < -0.4 is 10.6 Å². The summed E-state index contributed by atoms with van der Waals surface area (Å²) in [5.41, 5.74) is 0.621. The summed E-state index contributed by atoms with van der Waals surface area (Å²) in [5, 5.41) is 7.30. The van der Waals surface area contributed by atoms with E-state index < -0.39 is 5.60 Å². The van der Waals surface area contributed by atoms with Crippen LogP contribution in [-0.2, 0) is 14.9 Å². The minimum absolute atomic E-state index is 0. The van der Waals surface area contributed by atoms with Crippen molar-refractivity contribution in [1.82, 2.24) is 10.6 Å². The van der Waals surface area contributed by atoms with Crippen molar-refractivity contribution in [2.75, 3.05) is 26.7 Å². The Morgan fingerprint density at radius 3 is 2.31 bits per heavy atom. The molecule has 2 aliphatic rings. The van der Waals surface area contributed by atoms with E-state index in [-0.39, 0.29) is 23.7 Å². The van der Waals surface area contributed by atoms with Gasteiger partial charge in [-0.2, -0.15) is 0 Å². The molecular formula is C20H30Cl2N2O2. The predicted molar refractivity (Wildman–Crippen MR) is 108 cm³/mol. The lowest BCUT2D eigenvalue weighted by Gasteiger charge is -2.40. The Hall–Kier alpha value is -0.810. The molecule has 1 aliphatic carbocycles. The van der Waals surface area contributed by atoms with Crippen molar-refractivity contribution in [3.05, 3.63) is 34.9 Å². The lowest BCUT2D eigenvalue weighted by atomic mass is 9.69. The molecule has 2 N–H and O–H groups in total. The monoisotopic (exact) mass is 400 g/mol. The third-order valence-electron chi connectivity index (χ3n) is 6.07. The molecule has 1 saturated carbocycles. The van der Waals surface area contributed by atoms with Crippen LogP contribution in [0.3, 0.4) is 0 Å². The molecule has 2 fully saturated rings. The fourth-order valence-corrected chi connectivity index (χ4v) is 4.49. The first kappa shape index (κ1) is 21.5. The SMILES string of the molecule is COC1(C(=O)NCC2(c3ccc(Cl)cc3)CCCCC2)CCNCC1.Cl. The number of carbonyl (C=O) groups is 1. The van der Waals surface area contributed by atoms with E-state index in [0.29, 0.717) is 6.54 Å². The summed E-state index contributed by atoms with van der Waals surface area (Å²) in [6, 6.07) is 8.16. The highest BCUT2D eigenvalue weighted by Crippen LogP contribution is 2.39. The van der Waals surface area contributed by atoms with Gasteiger partial charge in [0, 0.05) is 24.1 Å². The van der Waals surface area contributed by atoms with Gasteiger partial charge >= 0.3 is 0 Å². The van der Waals surface area contributed by atoms with Crippen molar-refractivity contribution >= 4 is 29.9 Å². The van der Waals surface area contributed by atoms with E-state index in [9.17, 15) is 4.79 Å². The molecule has 6 heteroatoms. The first-order valence-corrected chi connectivity index (χ1v) is 9.78. The van der Waals surface area contributed by atoms with Gasteiger partial charge in [-0.15, -0.1) is 12.4 Å². The zero-order valence-corrected chi connectivity index (χ0v) is 17.1. The zero-order chi connectivity index (χ0) is 17.8. The lowest BCUT2D eigenvalue weighted by molar-refractivity contribution is -0.147. The number of rotatable bonds is 5. The number of ether oxygens (including phenoxy) is 1. The van der Waals surface area contributed by atoms with Crippen molar-refractivity contribution < 1.29 is 9.53 Å². The van der Waals surface area contributed by atoms with Crippen LogP contribution in [0.5, 0.6) is 0 Å². The second-order valence-corrected chi connectivity index (χ2v) is 7.92. The molecule has 0 radical (unpaired) electrons. The molecule has 1 heterocycles. The summed E-state index contributed by atoms with van der Waals surface area (Å²) in [6.07, 6.45) is 7.35. The van der Waals surface area contributed by atoms with Crippen LogP contribution in [0, 0.1) is 0 Å². The van der Waals surface area contributed by atoms with E-state index in [4.69, 9.17) is 16.3 Å². The van der Waals surface area contributed by atoms with Crippen LogP contribution >= 0.6 is 24.0 Å². The average molecular weight is 401 g/mol. The molecule has 1 saturated heterocycles. The number of hydrogen-bond acceptors (Lipinski definition) is 3. The van der Waals surface area contributed by atoms with Crippen LogP contribution in [-0.4, -0.2) is 38.3 Å². The van der Waals surface area contributed by atoms with Crippen molar-refractivity contribution in [1.29, 1.82) is 0 Å². The number of nitrogens with one attached hydrogen (secondary N) is 2. The van der Waals surface area contributed by atoms with Gasteiger partial charge in [0.05, 0.1) is 0 Å². The van der Waals surface area contributed by atoms with Crippen molar-refractivity contribution in [2.24, 2.45) is 0 Å². The first-order valence-electron chi connectivity index (χ1n) is 9.41. The van der Waals surface area contributed by atoms with Gasteiger partial charge < -0.3 is 15.4 Å². The van der Waals surface area contributed by atoms with Gasteiger partial charge in [-0.05, 0) is 56.5 Å². The van der Waals surface area contributed by atoms with Crippen LogP contribution in [0.4, 0.5) is 0 Å². The highest BCUT2D eigenvalue weighted by atomic mass is 35.5. The predicted octanol–water partition coefficient (Wildman–Crippen LogP) is 3.85. The zero-order valence-electron chi connectivity index (χ0n) is 15.5. The molecule has 3 rings (SSSR count). The molecule has 1 aromatic rings. The van der Waals surface area contributed by atoms with Gasteiger partial charge in [-0.25, -0.2) is 0 Å². The molecule has 0 unspecified atom stereocenters. The fraction of sp³-hybridized carbons (Fsp3) is 0.650. The second-order valence-electron chi connectivity index (χ2n) is 7.48. The maximum absolute atomic E-state index is 12.9. The highest BCUT2D eigenvalue weighted by molar-refractivity contribution is 6.30. The molecule has 0 atom stereocenters. The third-order valence-corrected chi connectivity index (χ3v) is 6.32. The molecule has 1 aliphatic heterocycles. The molecular weight excluding hydrogens is 371 g/mol. The first-order chi connectivity index (χ1) is 12.1. The maximum atomic E-state index is 12.9. The molecule has 0 aromatic heterocycles. The van der Waals surface area contributed by atoms with Crippen LogP contribution in [0.15, 0.2) is 24.3 Å². The van der Waals surface area contributed by atoms with E-state index in [1.54, 1.807) is 7.11 Å². The van der Waals surface area contributed by atoms with Crippen molar-refractivity contribution in [3.8, 4) is 0 Å². The van der Waals surface area contributed by atoms with Gasteiger partial charge in [0.2, 0.25) is 0 Å². The van der Waals surface area contributed by atoms with Gasteiger partial charge in [0.1, 0.15) is 5.60 Å². The van der Waals surface area contributed by atoms with Crippen LogP contribution in [0.2, 0.25) is 5.02 Å². The van der Waals surface area contributed by atoms with E-state index in [2.05, 4.69) is 22.8 Å². The molecule has 146 valence electrons. The van der Waals surface area contributed by atoms with Gasteiger partial charge in [-0.1, -0.05) is 43.0 Å². The maximum Gasteiger partial charge on any atom is 0.252 e. The lowest BCUT2D eigenvalue weighted by Crippen LogP contribution is -2.56. The fourth-order valence-electron chi connectivity index (χ4n) is 4.36. The number of halogens is 2. The second kappa shape index (κ2) is 9.41. The Kier molecular flexibility index (Phi) is 7.77. The number of hydrogen-bond donors (Lipinski definition) is 2. The standard InChI is InChI=1S/C20H29ClN2O2.ClH/c1-25-20(11-13-22-14-12-20)18(24)23-15-19(9-3-2-4-10-19)16-5-7-17(21)8-6-16;/h5-8,22H,2-4,9-15H2,1H3,(H,23,24);1H. The smallest absolute Gasteiger partial charge is 0.252 e. The molecule has 1 aromatic carbocycles. The van der Waals surface area contributed by atoms with E-state index >= 15 is 0 Å². The summed E-state index contributed by atoms with van der Waals surface area (Å²) in [7, 11) is 1.65. The number of amides is 1. The van der Waals surface area contributed by atoms with Gasteiger partial charge in [-0.3, -0.25) is 4.79 Å². The third kappa shape index (κ3) is 4.53. The van der Waals surface area contributed by atoms with E-state index in [1.807, 2.05) is 12.1 Å². The average Bonchev–Trinajstić information content (AvgIpc) is 2.68. The summed E-state index contributed by atoms with van der Waals surface area (Å²) in [5.74, 6) is 0.0374. The molecule has 26 heavy (non-hydrogen) atoms. The molecule has 0 spiro atoms. The van der Waals surface area contributed by atoms with Crippen molar-refractivity contribution in [2.45, 2.75) is 56.0 Å². The Bertz CT molecular complexity index is 580. The van der Waals surface area contributed by atoms with Gasteiger partial charge in [0.25, 0.3) is 5.91 Å². The number of carbonyl (C=O) groups excluding carboxylic acids is 1. The topological polar surface area (TPSA) is 50.4 Å². The molecule has 1 amide bonds. The Labute approximate surface area is 167 Å². The van der Waals surface area contributed by atoms with Gasteiger partial charge in [0.15, 0.2) is 0 Å². The Balaban J connectivity index is 0.00000243. The molecule has 0 bridgehead atoms. The van der Waals surface area contributed by atoms with E-state index in [0.717, 1.165) is 43.8 Å². The number of benzene rings is 1. The minimum atomic E-state index is -0.679. The number of piperidine rings is 1. The molecule has 4 nitrogen and oxygen atoms in total. The summed E-state index contributed by atoms with van der Waals surface area (Å²) < 4.78 is 5.67. The number of methoxy groups -OCH3 is 1. The summed E-state index contributed by atoms with van der Waals surface area (Å²) >= 11 is 6.07. The quantitative estimate of drug-likeness (QED) is 0.788. The Morgan fingerprint density at radius 1 is 1.12 bits per heavy atom. The minimum Gasteiger partial charge on any atom is -0.368 e. The van der Waals surface area contributed by atoms with Crippen LogP contribution in [0.25, 0.3) is 0 Å².